The van der Waals surface area contributed by atoms with E-state index in [2.05, 4.69) is 36.1 Å². The van der Waals surface area contributed by atoms with Crippen molar-refractivity contribution in [3.8, 4) is 0 Å². The molecule has 1 fully saturated rings. The van der Waals surface area contributed by atoms with Gasteiger partial charge in [0.15, 0.2) is 0 Å². The molecule has 0 saturated carbocycles. The number of likely N-dealkylation sites (tertiary alicyclic amines) is 1. The van der Waals surface area contributed by atoms with Gasteiger partial charge in [-0.05, 0) is 56.1 Å². The number of aromatic nitrogens is 2. The molecule has 4 heterocycles. The maximum Gasteiger partial charge on any atom is 0.246 e. The Morgan fingerprint density at radius 3 is 2.94 bits per heavy atom. The predicted molar refractivity (Wildman–Crippen MR) is 129 cm³/mol. The predicted octanol–water partition coefficient (Wildman–Crippen LogP) is 4.73. The number of amides is 1. The van der Waals surface area contributed by atoms with E-state index in [0.29, 0.717) is 6.54 Å². The molecule has 2 aliphatic rings. The first-order chi connectivity index (χ1) is 15.2. The summed E-state index contributed by atoms with van der Waals surface area (Å²) in [5.74, 6) is 0.923. The van der Waals surface area contributed by atoms with E-state index in [-0.39, 0.29) is 5.91 Å². The molecule has 8 heteroatoms. The number of halogens is 1. The summed E-state index contributed by atoms with van der Waals surface area (Å²) in [5.41, 5.74) is 2.24. The summed E-state index contributed by atoms with van der Waals surface area (Å²) in [6.07, 6.45) is 8.72. The standard InChI is InChI=1S/C23H24BrN5OS/c24-16-5-3-6-17(13-16)27-22-21-18-8-12-29(14-19(18)31-23(21)26-15-25-22)20(30)7-4-11-28-9-1-2-10-28/h3-7,13,15H,1-2,8-12,14H2,(H,25,26,27)/b7-4+. The molecule has 5 rings (SSSR count). The highest BCUT2D eigenvalue weighted by Crippen LogP contribution is 2.38. The van der Waals surface area contributed by atoms with E-state index < -0.39 is 0 Å². The molecule has 0 bridgehead atoms. The van der Waals surface area contributed by atoms with Gasteiger partial charge < -0.3 is 10.2 Å². The number of anilines is 2. The molecule has 0 atom stereocenters. The molecule has 0 spiro atoms. The molecule has 1 saturated heterocycles. The minimum Gasteiger partial charge on any atom is -0.340 e. The molecule has 2 aromatic heterocycles. The van der Waals surface area contributed by atoms with Crippen LogP contribution in [0.5, 0.6) is 0 Å². The highest BCUT2D eigenvalue weighted by atomic mass is 79.9. The molecule has 0 unspecified atom stereocenters. The van der Waals surface area contributed by atoms with Crippen LogP contribution < -0.4 is 5.32 Å². The zero-order valence-electron chi connectivity index (χ0n) is 17.2. The van der Waals surface area contributed by atoms with Crippen molar-refractivity contribution in [2.24, 2.45) is 0 Å². The van der Waals surface area contributed by atoms with Gasteiger partial charge in [-0.25, -0.2) is 9.97 Å². The number of carbonyl (C=O) groups excluding carboxylic acids is 1. The lowest BCUT2D eigenvalue weighted by Crippen LogP contribution is -2.34. The van der Waals surface area contributed by atoms with Crippen molar-refractivity contribution in [3.63, 3.8) is 0 Å². The zero-order chi connectivity index (χ0) is 21.2. The molecule has 2 aliphatic heterocycles. The maximum absolute atomic E-state index is 12.7. The Labute approximate surface area is 194 Å². The summed E-state index contributed by atoms with van der Waals surface area (Å²) >= 11 is 5.18. The summed E-state index contributed by atoms with van der Waals surface area (Å²) in [7, 11) is 0. The average molecular weight is 498 g/mol. The largest absolute Gasteiger partial charge is 0.340 e. The fourth-order valence-corrected chi connectivity index (χ4v) is 5.89. The molecule has 0 aliphatic carbocycles. The lowest BCUT2D eigenvalue weighted by molar-refractivity contribution is -0.126. The Morgan fingerprint density at radius 1 is 1.23 bits per heavy atom. The average Bonchev–Trinajstić information content (AvgIpc) is 3.41. The molecular formula is C23H24BrN5OS. The molecule has 3 aromatic rings. The third kappa shape index (κ3) is 4.51. The Kier molecular flexibility index (Phi) is 6.02. The summed E-state index contributed by atoms with van der Waals surface area (Å²) in [5, 5.41) is 4.52. The normalized spacial score (nSPS) is 16.9. The number of thiophene rings is 1. The van der Waals surface area contributed by atoms with Crippen LogP contribution in [0.1, 0.15) is 23.3 Å². The lowest BCUT2D eigenvalue weighted by atomic mass is 10.0. The van der Waals surface area contributed by atoms with E-state index in [1.165, 1.54) is 23.3 Å². The van der Waals surface area contributed by atoms with E-state index in [4.69, 9.17) is 0 Å². The van der Waals surface area contributed by atoms with Crippen molar-refractivity contribution in [2.75, 3.05) is 31.5 Å². The highest BCUT2D eigenvalue weighted by Gasteiger charge is 2.25. The molecule has 1 N–H and O–H groups in total. The maximum atomic E-state index is 12.7. The number of nitrogens with zero attached hydrogens (tertiary/aromatic N) is 4. The Bertz CT molecular complexity index is 1140. The van der Waals surface area contributed by atoms with Crippen molar-refractivity contribution in [2.45, 2.75) is 25.8 Å². The Morgan fingerprint density at radius 2 is 2.10 bits per heavy atom. The van der Waals surface area contributed by atoms with Gasteiger partial charge in [-0.2, -0.15) is 0 Å². The molecule has 31 heavy (non-hydrogen) atoms. The van der Waals surface area contributed by atoms with Gasteiger partial charge in [0.25, 0.3) is 0 Å². The van der Waals surface area contributed by atoms with Crippen LogP contribution in [0.3, 0.4) is 0 Å². The van der Waals surface area contributed by atoms with E-state index in [9.17, 15) is 4.79 Å². The second-order valence-electron chi connectivity index (χ2n) is 7.96. The van der Waals surface area contributed by atoms with Gasteiger partial charge in [0, 0.05) is 34.2 Å². The van der Waals surface area contributed by atoms with Gasteiger partial charge in [0.1, 0.15) is 17.0 Å². The Balaban J connectivity index is 1.33. The number of hydrogen-bond acceptors (Lipinski definition) is 6. The summed E-state index contributed by atoms with van der Waals surface area (Å²) in [6.45, 7) is 4.51. The first-order valence-corrected chi connectivity index (χ1v) is 12.2. The first-order valence-electron chi connectivity index (χ1n) is 10.6. The van der Waals surface area contributed by atoms with Gasteiger partial charge in [0.05, 0.1) is 11.9 Å². The fourth-order valence-electron chi connectivity index (χ4n) is 4.29. The Hall–Kier alpha value is -2.29. The molecule has 1 amide bonds. The van der Waals surface area contributed by atoms with E-state index >= 15 is 0 Å². The fraction of sp³-hybridized carbons (Fsp3) is 0.348. The van der Waals surface area contributed by atoms with Gasteiger partial charge in [-0.3, -0.25) is 9.69 Å². The number of fused-ring (bicyclic) bond motifs is 3. The minimum atomic E-state index is 0.0980. The van der Waals surface area contributed by atoms with Gasteiger partial charge in [0.2, 0.25) is 5.91 Å². The smallest absolute Gasteiger partial charge is 0.246 e. The van der Waals surface area contributed by atoms with Crippen LogP contribution >= 0.6 is 27.3 Å². The van der Waals surface area contributed by atoms with E-state index in [1.807, 2.05) is 35.2 Å². The third-order valence-electron chi connectivity index (χ3n) is 5.86. The second kappa shape index (κ2) is 9.06. The SMILES string of the molecule is O=C(/C=C/CN1CCCC1)N1CCc2c(sc3ncnc(Nc4cccc(Br)c4)c23)C1. The third-order valence-corrected chi connectivity index (χ3v) is 7.48. The number of rotatable bonds is 5. The van der Waals surface area contributed by atoms with Crippen LogP contribution in [0.4, 0.5) is 11.5 Å². The van der Waals surface area contributed by atoms with Crippen LogP contribution in [0.25, 0.3) is 10.2 Å². The number of nitrogens with one attached hydrogen (secondary N) is 1. The molecule has 0 radical (unpaired) electrons. The summed E-state index contributed by atoms with van der Waals surface area (Å²) < 4.78 is 1.02. The van der Waals surface area contributed by atoms with Crippen LogP contribution in [0.2, 0.25) is 0 Å². The molecule has 6 nitrogen and oxygen atoms in total. The number of hydrogen-bond donors (Lipinski definition) is 1. The lowest BCUT2D eigenvalue weighted by Gasteiger charge is -2.26. The van der Waals surface area contributed by atoms with Gasteiger partial charge in [-0.15, -0.1) is 11.3 Å². The van der Waals surface area contributed by atoms with Crippen LogP contribution in [-0.2, 0) is 17.8 Å². The van der Waals surface area contributed by atoms with Crippen molar-refractivity contribution in [1.29, 1.82) is 0 Å². The zero-order valence-corrected chi connectivity index (χ0v) is 19.6. The van der Waals surface area contributed by atoms with Crippen LogP contribution in [-0.4, -0.2) is 51.9 Å². The summed E-state index contributed by atoms with van der Waals surface area (Å²) in [6, 6.07) is 8.04. The number of benzene rings is 1. The van der Waals surface area contributed by atoms with Crippen LogP contribution in [0.15, 0.2) is 47.2 Å². The quantitative estimate of drug-likeness (QED) is 0.516. The van der Waals surface area contributed by atoms with Gasteiger partial charge >= 0.3 is 0 Å². The topological polar surface area (TPSA) is 61.4 Å². The highest BCUT2D eigenvalue weighted by molar-refractivity contribution is 9.10. The second-order valence-corrected chi connectivity index (χ2v) is 9.96. The van der Waals surface area contributed by atoms with Crippen molar-refractivity contribution in [1.82, 2.24) is 19.8 Å². The monoisotopic (exact) mass is 497 g/mol. The molecule has 1 aromatic carbocycles. The minimum absolute atomic E-state index is 0.0980. The summed E-state index contributed by atoms with van der Waals surface area (Å²) in [4.78, 5) is 28.2. The van der Waals surface area contributed by atoms with Gasteiger partial charge in [-0.1, -0.05) is 28.1 Å². The number of carbonyl (C=O) groups is 1. The van der Waals surface area contributed by atoms with E-state index in [1.54, 1.807) is 23.7 Å². The molecular weight excluding hydrogens is 474 g/mol. The first kappa shape index (κ1) is 20.6. The van der Waals surface area contributed by atoms with Crippen molar-refractivity contribution in [3.05, 3.63) is 57.7 Å². The van der Waals surface area contributed by atoms with Crippen LogP contribution in [0, 0.1) is 0 Å². The van der Waals surface area contributed by atoms with Crippen molar-refractivity contribution < 1.29 is 4.79 Å². The molecule has 160 valence electrons. The van der Waals surface area contributed by atoms with E-state index in [0.717, 1.165) is 58.8 Å². The van der Waals surface area contributed by atoms with Crippen molar-refractivity contribution >= 4 is 54.9 Å².